The molecule has 0 fully saturated rings. The number of aryl methyl sites for hydroxylation is 1. The Hall–Kier alpha value is -2.87. The van der Waals surface area contributed by atoms with Gasteiger partial charge in [-0.2, -0.15) is 0 Å². The minimum atomic E-state index is -0.879. The van der Waals surface area contributed by atoms with Gasteiger partial charge in [0.15, 0.2) is 11.8 Å². The number of aromatic hydroxyl groups is 2. The second-order valence-corrected chi connectivity index (χ2v) is 9.77. The summed E-state index contributed by atoms with van der Waals surface area (Å²) in [5, 5.41) is 30.1. The first-order chi connectivity index (χ1) is 17.7. The first kappa shape index (κ1) is 28.7. The smallest absolute Gasteiger partial charge is 0.305 e. The van der Waals surface area contributed by atoms with Crippen LogP contribution in [0.15, 0.2) is 48.5 Å². The number of hydrogen-bond acceptors (Lipinski definition) is 5. The van der Waals surface area contributed by atoms with Crippen LogP contribution >= 0.6 is 23.2 Å². The molecule has 0 aliphatic heterocycles. The van der Waals surface area contributed by atoms with E-state index in [0.717, 1.165) is 48.2 Å². The van der Waals surface area contributed by atoms with Gasteiger partial charge in [0.05, 0.1) is 23.0 Å². The Kier molecular flexibility index (Phi) is 10.6. The van der Waals surface area contributed by atoms with E-state index in [0.29, 0.717) is 23.1 Å². The largest absolute Gasteiger partial charge is 0.494 e. The number of carboxylic acids is 1. The van der Waals surface area contributed by atoms with Crippen molar-refractivity contribution in [3.8, 4) is 17.5 Å². The van der Waals surface area contributed by atoms with Crippen LogP contribution in [-0.4, -0.2) is 43.9 Å². The lowest BCUT2D eigenvalue weighted by Crippen LogP contribution is -2.31. The highest BCUT2D eigenvalue weighted by atomic mass is 35.5. The molecule has 0 radical (unpaired) electrons. The molecule has 1 aromatic heterocycles. The van der Waals surface area contributed by atoms with E-state index < -0.39 is 5.97 Å². The zero-order valence-electron chi connectivity index (χ0n) is 21.2. The van der Waals surface area contributed by atoms with Gasteiger partial charge in [-0.25, -0.2) is 0 Å². The van der Waals surface area contributed by atoms with E-state index in [4.69, 9.17) is 27.9 Å². The van der Waals surface area contributed by atoms with Gasteiger partial charge in [0.1, 0.15) is 12.4 Å². The molecule has 0 aliphatic rings. The summed E-state index contributed by atoms with van der Waals surface area (Å²) in [6, 6.07) is 13.8. The lowest BCUT2D eigenvalue weighted by molar-refractivity contribution is -0.138. The number of rotatable bonds is 14. The van der Waals surface area contributed by atoms with E-state index in [-0.39, 0.29) is 30.8 Å². The Morgan fingerprint density at radius 1 is 1.03 bits per heavy atom. The summed E-state index contributed by atoms with van der Waals surface area (Å²) in [6.07, 6.45) is 2.61. The zero-order chi connectivity index (χ0) is 26.9. The van der Waals surface area contributed by atoms with Crippen LogP contribution in [0.3, 0.4) is 0 Å². The number of aliphatic carboxylic acids is 1. The maximum Gasteiger partial charge on any atom is 0.305 e. The van der Waals surface area contributed by atoms with E-state index in [1.54, 1.807) is 12.1 Å². The lowest BCUT2D eigenvalue weighted by atomic mass is 9.99. The standard InChI is InChI=1S/C28H34Cl2N2O5/c1-3-5-12-31(24(17-28(35)36)21-7-8-22(29)23(30)16-21)18-19-6-9-25(20(4-2)15-19)37-14-13-32-26(33)10-11-27(32)34/h6-11,15-16,24,33-34H,3-5,12-14,17-18H2,1-2H3,(H,35,36). The van der Waals surface area contributed by atoms with Crippen LogP contribution in [0.2, 0.25) is 10.0 Å². The minimum Gasteiger partial charge on any atom is -0.494 e. The number of unbranched alkanes of at least 4 members (excludes halogenated alkanes) is 1. The Morgan fingerprint density at radius 2 is 1.76 bits per heavy atom. The summed E-state index contributed by atoms with van der Waals surface area (Å²) in [7, 11) is 0. The molecular formula is C28H34Cl2N2O5. The molecule has 3 aromatic rings. The van der Waals surface area contributed by atoms with Crippen LogP contribution in [-0.2, 0) is 24.3 Å². The number of carbonyl (C=O) groups is 1. The molecule has 0 saturated heterocycles. The van der Waals surface area contributed by atoms with Gasteiger partial charge in [-0.3, -0.25) is 14.3 Å². The van der Waals surface area contributed by atoms with Crippen LogP contribution in [0, 0.1) is 0 Å². The van der Waals surface area contributed by atoms with E-state index in [1.165, 1.54) is 16.7 Å². The third-order valence-electron chi connectivity index (χ3n) is 6.33. The normalized spacial score (nSPS) is 12.1. The van der Waals surface area contributed by atoms with Gasteiger partial charge in [-0.1, -0.05) is 61.7 Å². The van der Waals surface area contributed by atoms with Gasteiger partial charge in [0.2, 0.25) is 0 Å². The predicted octanol–water partition coefficient (Wildman–Crippen LogP) is 6.67. The van der Waals surface area contributed by atoms with Crippen molar-refractivity contribution in [1.29, 1.82) is 0 Å². The molecule has 0 saturated carbocycles. The fourth-order valence-corrected chi connectivity index (χ4v) is 4.66. The second-order valence-electron chi connectivity index (χ2n) is 8.96. The Labute approximate surface area is 227 Å². The monoisotopic (exact) mass is 548 g/mol. The van der Waals surface area contributed by atoms with Crippen LogP contribution in [0.5, 0.6) is 17.5 Å². The molecule has 3 rings (SSSR count). The first-order valence-electron chi connectivity index (χ1n) is 12.5. The Balaban J connectivity index is 1.80. The SMILES string of the molecule is CCCCN(Cc1ccc(OCCn2c(O)ccc2O)c(CC)c1)C(CC(=O)O)c1ccc(Cl)c(Cl)c1. The van der Waals surface area contributed by atoms with Gasteiger partial charge in [0, 0.05) is 24.7 Å². The van der Waals surface area contributed by atoms with Crippen LogP contribution < -0.4 is 4.74 Å². The highest BCUT2D eigenvalue weighted by molar-refractivity contribution is 6.42. The Morgan fingerprint density at radius 3 is 2.38 bits per heavy atom. The van der Waals surface area contributed by atoms with Crippen molar-refractivity contribution in [1.82, 2.24) is 9.47 Å². The number of carboxylic acid groups (broad SMARTS) is 1. The molecule has 7 nitrogen and oxygen atoms in total. The molecule has 1 heterocycles. The summed E-state index contributed by atoms with van der Waals surface area (Å²) < 4.78 is 7.34. The van der Waals surface area contributed by atoms with Crippen molar-refractivity contribution >= 4 is 29.2 Å². The summed E-state index contributed by atoms with van der Waals surface area (Å²) >= 11 is 12.4. The van der Waals surface area contributed by atoms with E-state index in [1.807, 2.05) is 25.1 Å². The van der Waals surface area contributed by atoms with Gasteiger partial charge in [-0.05, 0) is 54.3 Å². The molecular weight excluding hydrogens is 515 g/mol. The fraction of sp³-hybridized carbons (Fsp3) is 0.393. The average Bonchev–Trinajstić information content (AvgIpc) is 3.19. The number of nitrogens with zero attached hydrogens (tertiary/aromatic N) is 2. The van der Waals surface area contributed by atoms with E-state index >= 15 is 0 Å². The second kappa shape index (κ2) is 13.6. The first-order valence-corrected chi connectivity index (χ1v) is 13.2. The van der Waals surface area contributed by atoms with Gasteiger partial charge in [0.25, 0.3) is 0 Å². The van der Waals surface area contributed by atoms with E-state index in [2.05, 4.69) is 17.9 Å². The molecule has 0 amide bonds. The topological polar surface area (TPSA) is 95.2 Å². The quantitative estimate of drug-likeness (QED) is 0.208. The highest BCUT2D eigenvalue weighted by Gasteiger charge is 2.24. The molecule has 2 aromatic carbocycles. The number of benzene rings is 2. The van der Waals surface area contributed by atoms with Crippen molar-refractivity contribution in [2.45, 2.75) is 58.7 Å². The van der Waals surface area contributed by atoms with Crippen molar-refractivity contribution in [2.75, 3.05) is 13.2 Å². The van der Waals surface area contributed by atoms with Crippen LogP contribution in [0.4, 0.5) is 0 Å². The molecule has 3 N–H and O–H groups in total. The maximum absolute atomic E-state index is 11.8. The minimum absolute atomic E-state index is 0.0165. The Bertz CT molecular complexity index is 1180. The molecule has 9 heteroatoms. The van der Waals surface area contributed by atoms with Crippen molar-refractivity contribution in [3.05, 3.63) is 75.3 Å². The van der Waals surface area contributed by atoms with Gasteiger partial charge in [-0.15, -0.1) is 0 Å². The van der Waals surface area contributed by atoms with E-state index in [9.17, 15) is 20.1 Å². The third-order valence-corrected chi connectivity index (χ3v) is 7.07. The molecule has 200 valence electrons. The maximum atomic E-state index is 11.8. The number of aromatic nitrogens is 1. The third kappa shape index (κ3) is 7.81. The number of ether oxygens (including phenoxy) is 1. The summed E-state index contributed by atoms with van der Waals surface area (Å²) in [4.78, 5) is 14.0. The van der Waals surface area contributed by atoms with Crippen LogP contribution in [0.25, 0.3) is 0 Å². The zero-order valence-corrected chi connectivity index (χ0v) is 22.7. The molecule has 1 unspecified atom stereocenters. The molecule has 0 bridgehead atoms. The molecule has 0 aliphatic carbocycles. The number of halogens is 2. The van der Waals surface area contributed by atoms with Crippen LogP contribution in [0.1, 0.15) is 55.8 Å². The van der Waals surface area contributed by atoms with Gasteiger partial charge >= 0.3 is 5.97 Å². The summed E-state index contributed by atoms with van der Waals surface area (Å²) in [6.45, 7) is 6.05. The molecule has 1 atom stereocenters. The highest BCUT2D eigenvalue weighted by Crippen LogP contribution is 2.32. The van der Waals surface area contributed by atoms with Crippen molar-refractivity contribution in [2.24, 2.45) is 0 Å². The number of hydrogen-bond donors (Lipinski definition) is 3. The molecule has 0 spiro atoms. The molecule has 37 heavy (non-hydrogen) atoms. The van der Waals surface area contributed by atoms with Crippen molar-refractivity contribution in [3.63, 3.8) is 0 Å². The lowest BCUT2D eigenvalue weighted by Gasteiger charge is -2.32. The summed E-state index contributed by atoms with van der Waals surface area (Å²) in [5.74, 6) is -0.172. The fourth-order valence-electron chi connectivity index (χ4n) is 4.35. The van der Waals surface area contributed by atoms with Gasteiger partial charge < -0.3 is 20.1 Å². The summed E-state index contributed by atoms with van der Waals surface area (Å²) in [5.41, 5.74) is 2.90. The van der Waals surface area contributed by atoms with Crippen molar-refractivity contribution < 1.29 is 24.9 Å². The average molecular weight is 549 g/mol. The predicted molar refractivity (Wildman–Crippen MR) is 146 cm³/mol.